The predicted octanol–water partition coefficient (Wildman–Crippen LogP) is 7.81. The lowest BCUT2D eigenvalue weighted by molar-refractivity contribution is -0.0334. The van der Waals surface area contributed by atoms with Crippen LogP contribution in [0.2, 0.25) is 25.7 Å². The van der Waals surface area contributed by atoms with E-state index in [9.17, 15) is 4.79 Å². The van der Waals surface area contributed by atoms with Gasteiger partial charge in [0.2, 0.25) is 0 Å². The van der Waals surface area contributed by atoms with Gasteiger partial charge in [-0.05, 0) is 50.1 Å². The Morgan fingerprint density at radius 1 is 1.00 bits per heavy atom. The normalized spacial score (nSPS) is 15.0. The van der Waals surface area contributed by atoms with Crippen LogP contribution in [0, 0.1) is 5.92 Å². The van der Waals surface area contributed by atoms with Crippen molar-refractivity contribution in [2.24, 2.45) is 5.92 Å². The first kappa shape index (κ1) is 25.8. The zero-order valence-corrected chi connectivity index (χ0v) is 21.4. The molecule has 0 saturated carbocycles. The second-order valence-corrected chi connectivity index (χ2v) is 15.1. The highest BCUT2D eigenvalue weighted by atomic mass is 28.3. The van der Waals surface area contributed by atoms with Crippen LogP contribution in [-0.2, 0) is 9.47 Å². The number of ether oxygens (including phenoxy) is 2. The highest BCUT2D eigenvalue weighted by Crippen LogP contribution is 2.31. The molecule has 0 N–H and O–H groups in total. The van der Waals surface area contributed by atoms with Gasteiger partial charge in [-0.3, -0.25) is 0 Å². The highest BCUT2D eigenvalue weighted by Gasteiger charge is 2.28. The van der Waals surface area contributed by atoms with Crippen molar-refractivity contribution >= 4 is 14.0 Å². The molecular weight excluding hydrogens is 412 g/mol. The van der Waals surface area contributed by atoms with Gasteiger partial charge in [-0.15, -0.1) is 6.58 Å². The van der Waals surface area contributed by atoms with Crippen molar-refractivity contribution in [1.82, 2.24) is 0 Å². The molecule has 2 aromatic carbocycles. The van der Waals surface area contributed by atoms with E-state index in [-0.39, 0.29) is 24.1 Å². The SMILES string of the molecule is C=C(C[C@H](O[C@@H](C)c1ccccc1)[C@H](C)/C(=C/C)OC(=O)c1ccccc1)C[Si](C)(C)C. The van der Waals surface area contributed by atoms with Crippen LogP contribution in [0.3, 0.4) is 0 Å². The van der Waals surface area contributed by atoms with Gasteiger partial charge >= 0.3 is 5.97 Å². The van der Waals surface area contributed by atoms with E-state index >= 15 is 0 Å². The van der Waals surface area contributed by atoms with Gasteiger partial charge in [0.15, 0.2) is 0 Å². The number of carbonyl (C=O) groups excluding carboxylic acids is 1. The summed E-state index contributed by atoms with van der Waals surface area (Å²) in [4.78, 5) is 12.7. The summed E-state index contributed by atoms with van der Waals surface area (Å²) in [6.07, 6.45) is 2.38. The first-order valence-corrected chi connectivity index (χ1v) is 15.1. The Morgan fingerprint density at radius 3 is 2.09 bits per heavy atom. The third kappa shape index (κ3) is 8.25. The average molecular weight is 451 g/mol. The lowest BCUT2D eigenvalue weighted by Gasteiger charge is -2.30. The summed E-state index contributed by atoms with van der Waals surface area (Å²) in [5.41, 5.74) is 2.87. The van der Waals surface area contributed by atoms with E-state index in [0.29, 0.717) is 11.3 Å². The molecule has 0 bridgehead atoms. The maximum absolute atomic E-state index is 12.7. The molecule has 0 aliphatic carbocycles. The summed E-state index contributed by atoms with van der Waals surface area (Å²) >= 11 is 0. The number of hydrogen-bond donors (Lipinski definition) is 0. The Balaban J connectivity index is 2.21. The molecule has 0 heterocycles. The van der Waals surface area contributed by atoms with E-state index in [1.807, 2.05) is 49.4 Å². The van der Waals surface area contributed by atoms with Gasteiger partial charge < -0.3 is 9.47 Å². The van der Waals surface area contributed by atoms with E-state index in [1.54, 1.807) is 12.1 Å². The molecule has 0 spiro atoms. The van der Waals surface area contributed by atoms with Crippen molar-refractivity contribution < 1.29 is 14.3 Å². The van der Waals surface area contributed by atoms with E-state index in [1.165, 1.54) is 5.57 Å². The zero-order valence-electron chi connectivity index (χ0n) is 20.4. The molecule has 0 amide bonds. The summed E-state index contributed by atoms with van der Waals surface area (Å²) in [5, 5.41) is 0. The molecule has 3 atom stereocenters. The number of benzene rings is 2. The first-order valence-electron chi connectivity index (χ1n) is 11.4. The van der Waals surface area contributed by atoms with E-state index < -0.39 is 8.07 Å². The molecule has 0 saturated heterocycles. The molecule has 0 radical (unpaired) electrons. The minimum absolute atomic E-state index is 0.0775. The van der Waals surface area contributed by atoms with Crippen LogP contribution in [-0.4, -0.2) is 20.1 Å². The largest absolute Gasteiger partial charge is 0.427 e. The van der Waals surface area contributed by atoms with Gasteiger partial charge in [0, 0.05) is 14.0 Å². The molecule has 0 fully saturated rings. The smallest absolute Gasteiger partial charge is 0.343 e. The highest BCUT2D eigenvalue weighted by molar-refractivity contribution is 6.76. The minimum atomic E-state index is -1.29. The quantitative estimate of drug-likeness (QED) is 0.151. The van der Waals surface area contributed by atoms with Crippen LogP contribution < -0.4 is 0 Å². The fourth-order valence-electron chi connectivity index (χ4n) is 3.85. The van der Waals surface area contributed by atoms with Crippen molar-refractivity contribution in [1.29, 1.82) is 0 Å². The monoisotopic (exact) mass is 450 g/mol. The molecule has 172 valence electrons. The number of esters is 1. The fourth-order valence-corrected chi connectivity index (χ4v) is 5.50. The molecular formula is C28H38O3Si. The number of hydrogen-bond acceptors (Lipinski definition) is 3. The number of rotatable bonds is 11. The molecule has 0 aromatic heterocycles. The first-order chi connectivity index (χ1) is 15.1. The predicted molar refractivity (Wildman–Crippen MR) is 136 cm³/mol. The van der Waals surface area contributed by atoms with Crippen molar-refractivity contribution in [3.05, 3.63) is 95.8 Å². The Kier molecular flexibility index (Phi) is 9.67. The Hall–Kier alpha value is -2.43. The molecule has 2 rings (SSSR count). The standard InChI is InChI=1S/C28H38O3Si/c1-8-26(31-28(29)25-17-13-10-14-18-25)22(3)27(19-21(2)20-32(5,6)7)30-23(4)24-15-11-9-12-16-24/h8-18,22-23,27H,2,19-20H2,1,3-7H3/b26-8-/t22-,23+,27+/m1/s1. The maximum Gasteiger partial charge on any atom is 0.343 e. The van der Waals surface area contributed by atoms with Gasteiger partial charge in [0.1, 0.15) is 5.76 Å². The fraction of sp³-hybridized carbons (Fsp3) is 0.393. The summed E-state index contributed by atoms with van der Waals surface area (Å²) in [7, 11) is -1.29. The maximum atomic E-state index is 12.7. The van der Waals surface area contributed by atoms with Crippen molar-refractivity contribution in [3.8, 4) is 0 Å². The number of carbonyl (C=O) groups is 1. The number of allylic oxidation sites excluding steroid dienone is 1. The van der Waals surface area contributed by atoms with Gasteiger partial charge in [-0.2, -0.15) is 0 Å². The Morgan fingerprint density at radius 2 is 1.56 bits per heavy atom. The van der Waals surface area contributed by atoms with Crippen molar-refractivity contribution in [3.63, 3.8) is 0 Å². The second-order valence-electron chi connectivity index (χ2n) is 9.65. The van der Waals surface area contributed by atoms with E-state index in [0.717, 1.165) is 18.0 Å². The van der Waals surface area contributed by atoms with Crippen LogP contribution in [0.5, 0.6) is 0 Å². The molecule has 0 aliphatic heterocycles. The molecule has 2 aromatic rings. The van der Waals surface area contributed by atoms with Gasteiger partial charge in [0.25, 0.3) is 0 Å². The van der Waals surface area contributed by atoms with Gasteiger partial charge in [0.05, 0.1) is 17.8 Å². The van der Waals surface area contributed by atoms with Gasteiger partial charge in [-0.25, -0.2) is 4.79 Å². The topological polar surface area (TPSA) is 35.5 Å². The lowest BCUT2D eigenvalue weighted by Crippen LogP contribution is -2.29. The Bertz CT molecular complexity index is 897. The van der Waals surface area contributed by atoms with Gasteiger partial charge in [-0.1, -0.05) is 80.7 Å². The van der Waals surface area contributed by atoms with Crippen LogP contribution in [0.4, 0.5) is 0 Å². The van der Waals surface area contributed by atoms with E-state index in [2.05, 4.69) is 52.2 Å². The third-order valence-electron chi connectivity index (χ3n) is 5.43. The zero-order chi connectivity index (χ0) is 23.7. The lowest BCUT2D eigenvalue weighted by atomic mass is 9.95. The van der Waals surface area contributed by atoms with Crippen LogP contribution in [0.1, 0.15) is 49.2 Å². The molecule has 0 aliphatic rings. The van der Waals surface area contributed by atoms with Crippen LogP contribution in [0.25, 0.3) is 0 Å². The summed E-state index contributed by atoms with van der Waals surface area (Å²) in [6.45, 7) is 17.5. The average Bonchev–Trinajstić information content (AvgIpc) is 2.76. The van der Waals surface area contributed by atoms with Crippen LogP contribution in [0.15, 0.2) is 84.7 Å². The van der Waals surface area contributed by atoms with E-state index in [4.69, 9.17) is 9.47 Å². The van der Waals surface area contributed by atoms with Crippen molar-refractivity contribution in [2.45, 2.75) is 65.1 Å². The molecule has 4 heteroatoms. The van der Waals surface area contributed by atoms with Crippen molar-refractivity contribution in [2.75, 3.05) is 0 Å². The van der Waals surface area contributed by atoms with Crippen LogP contribution >= 0.6 is 0 Å². The second kappa shape index (κ2) is 12.0. The summed E-state index contributed by atoms with van der Waals surface area (Å²) < 4.78 is 12.4. The third-order valence-corrected chi connectivity index (χ3v) is 6.99. The molecule has 3 nitrogen and oxygen atoms in total. The molecule has 0 unspecified atom stereocenters. The summed E-state index contributed by atoms with van der Waals surface area (Å²) in [6, 6.07) is 20.4. The molecule has 32 heavy (non-hydrogen) atoms. The summed E-state index contributed by atoms with van der Waals surface area (Å²) in [5.74, 6) is 0.184. The minimum Gasteiger partial charge on any atom is -0.427 e. The Labute approximate surface area is 195 Å².